The number of hydrogen-bond acceptors (Lipinski definition) is 4. The van der Waals surface area contributed by atoms with Crippen LogP contribution in [-0.4, -0.2) is 42.1 Å². The number of nitrogens with zero attached hydrogens (tertiary/aromatic N) is 6. The summed E-state index contributed by atoms with van der Waals surface area (Å²) in [6.07, 6.45) is 12.0. The summed E-state index contributed by atoms with van der Waals surface area (Å²) in [5, 5.41) is 0. The van der Waals surface area contributed by atoms with Crippen molar-refractivity contribution in [3.8, 4) is 33.4 Å². The van der Waals surface area contributed by atoms with Gasteiger partial charge in [0.15, 0.2) is 7.05 Å². The minimum absolute atomic E-state index is 0.104. The summed E-state index contributed by atoms with van der Waals surface area (Å²) in [6, 6.07) is 65.9. The van der Waals surface area contributed by atoms with Crippen LogP contribution < -0.4 is 0 Å². The normalized spacial score (nSPS) is 20.3. The van der Waals surface area contributed by atoms with Gasteiger partial charge in [-0.05, 0) is 91.9 Å². The minimum Gasteiger partial charge on any atom is -0.260 e. The van der Waals surface area contributed by atoms with Crippen molar-refractivity contribution in [1.82, 2.24) is 19.9 Å². The van der Waals surface area contributed by atoms with Crippen LogP contribution in [0.4, 0.5) is 0 Å². The molecule has 0 spiro atoms. The molecule has 5 aromatic carbocycles. The van der Waals surface area contributed by atoms with Gasteiger partial charge in [-0.3, -0.25) is 19.9 Å². The van der Waals surface area contributed by atoms with Crippen LogP contribution in [0.3, 0.4) is 0 Å². The van der Waals surface area contributed by atoms with E-state index in [0.29, 0.717) is 0 Å². The second kappa shape index (κ2) is 14.2. The van der Waals surface area contributed by atoms with Crippen molar-refractivity contribution in [2.75, 3.05) is 7.05 Å². The van der Waals surface area contributed by atoms with Gasteiger partial charge in [-0.25, -0.2) is 0 Å². The maximum atomic E-state index is 5.42. The lowest BCUT2D eigenvalue weighted by molar-refractivity contribution is -0.534. The second-order valence-corrected chi connectivity index (χ2v) is 19.3. The Balaban J connectivity index is 1.13. The van der Waals surface area contributed by atoms with Crippen LogP contribution >= 0.6 is 0 Å². The summed E-state index contributed by atoms with van der Waals surface area (Å²) >= 11 is 0. The van der Waals surface area contributed by atoms with Gasteiger partial charge in [-0.1, -0.05) is 163 Å². The highest BCUT2D eigenvalue weighted by atomic mass is 15.2. The predicted octanol–water partition coefficient (Wildman–Crippen LogP) is 11.9. The molecule has 1 aliphatic heterocycles. The standard InChI is InChI=1S/C61H46N6/c1-58(2,3)40-29-33-62-54(38-40)60(52-27-9-6-21-46(52)49-24-14-31-64-56(49)60)43-18-11-16-41(36-43)59(51-26-8-5-20-45(51)48-23-13-30-63-55(48)59)42-17-12-19-44(37-42)61(67-35-34-66(4)39-67)53-28-10-7-22-47(53)50-25-15-32-65-57(50)61/h5-38H,1-4H3/q+2. The monoisotopic (exact) mass is 862 g/mol. The lowest BCUT2D eigenvalue weighted by atomic mass is 9.65. The molecule has 6 heteroatoms. The summed E-state index contributed by atoms with van der Waals surface area (Å²) in [7, 11) is 2.03. The van der Waals surface area contributed by atoms with Gasteiger partial charge in [0.1, 0.15) is 11.1 Å². The summed E-state index contributed by atoms with van der Waals surface area (Å²) in [6.45, 7) is 6.81. The topological polar surface area (TPSA) is 57.6 Å². The fourth-order valence-electron chi connectivity index (χ4n) is 12.0. The highest BCUT2D eigenvalue weighted by Crippen LogP contribution is 2.60. The van der Waals surface area contributed by atoms with E-state index in [4.69, 9.17) is 19.9 Å². The molecule has 3 atom stereocenters. The van der Waals surface area contributed by atoms with Crippen LogP contribution in [-0.2, 0) is 21.8 Å². The van der Waals surface area contributed by atoms with Crippen molar-refractivity contribution in [1.29, 1.82) is 0 Å². The average molecular weight is 863 g/mol. The van der Waals surface area contributed by atoms with Crippen molar-refractivity contribution < 1.29 is 9.15 Å². The Kier molecular flexibility index (Phi) is 8.29. The molecule has 13 rings (SSSR count). The number of fused-ring (bicyclic) bond motifs is 9. The highest BCUT2D eigenvalue weighted by molar-refractivity contribution is 5.88. The van der Waals surface area contributed by atoms with E-state index in [-0.39, 0.29) is 5.41 Å². The zero-order valence-corrected chi connectivity index (χ0v) is 37.8. The lowest BCUT2D eigenvalue weighted by Crippen LogP contribution is -2.39. The first kappa shape index (κ1) is 39.2. The van der Waals surface area contributed by atoms with E-state index < -0.39 is 16.4 Å². The Morgan fingerprint density at radius 2 is 0.896 bits per heavy atom. The molecule has 0 amide bonds. The van der Waals surface area contributed by atoms with Gasteiger partial charge < -0.3 is 0 Å². The van der Waals surface area contributed by atoms with Gasteiger partial charge in [0.05, 0.1) is 22.5 Å². The van der Waals surface area contributed by atoms with Gasteiger partial charge >= 0.3 is 6.01 Å². The smallest absolute Gasteiger partial charge is 0.260 e. The van der Waals surface area contributed by atoms with Gasteiger partial charge in [-0.2, -0.15) is 0 Å². The summed E-state index contributed by atoms with van der Waals surface area (Å²) < 4.78 is 4.21. The molecule has 9 aromatic rings. The fourth-order valence-corrected chi connectivity index (χ4v) is 12.0. The van der Waals surface area contributed by atoms with Crippen LogP contribution in [0, 0.1) is 0 Å². The molecule has 0 saturated carbocycles. The second-order valence-electron chi connectivity index (χ2n) is 19.3. The summed E-state index contributed by atoms with van der Waals surface area (Å²) in [4.78, 5) is 21.3. The van der Waals surface area contributed by atoms with Gasteiger partial charge in [0, 0.05) is 52.6 Å². The average Bonchev–Trinajstić information content (AvgIpc) is 4.11. The number of aromatic nitrogens is 4. The van der Waals surface area contributed by atoms with Crippen LogP contribution in [0.25, 0.3) is 33.4 Å². The molecule has 3 unspecified atom stereocenters. The molecule has 0 N–H and O–H groups in total. The quantitative estimate of drug-likeness (QED) is 0.156. The molecule has 6 nitrogen and oxygen atoms in total. The third kappa shape index (κ3) is 5.16. The maximum absolute atomic E-state index is 5.42. The zero-order chi connectivity index (χ0) is 45.1. The Morgan fingerprint density at radius 3 is 1.49 bits per heavy atom. The number of rotatable bonds is 6. The number of benzene rings is 5. The molecule has 3 aliphatic carbocycles. The predicted molar refractivity (Wildman–Crippen MR) is 263 cm³/mol. The van der Waals surface area contributed by atoms with Crippen molar-refractivity contribution in [2.24, 2.45) is 0 Å². The maximum Gasteiger partial charge on any atom is 0.490 e. The van der Waals surface area contributed by atoms with E-state index in [0.717, 1.165) is 67.3 Å². The molecule has 0 bridgehead atoms. The van der Waals surface area contributed by atoms with E-state index >= 15 is 0 Å². The van der Waals surface area contributed by atoms with Crippen LogP contribution in [0.1, 0.15) is 88.1 Å². The minimum atomic E-state index is -0.844. The van der Waals surface area contributed by atoms with E-state index in [1.807, 2.05) is 42.5 Å². The number of pyridine rings is 4. The van der Waals surface area contributed by atoms with Crippen molar-refractivity contribution in [3.05, 3.63) is 274 Å². The molecule has 4 aromatic heterocycles. The molecule has 0 saturated heterocycles. The molecule has 0 radical (unpaired) electrons. The first-order valence-electron chi connectivity index (χ1n) is 23.1. The van der Waals surface area contributed by atoms with Crippen LogP contribution in [0.15, 0.2) is 207 Å². The van der Waals surface area contributed by atoms with Crippen LogP contribution in [0.2, 0.25) is 0 Å². The lowest BCUT2D eigenvalue weighted by Gasteiger charge is -2.36. The van der Waals surface area contributed by atoms with E-state index in [9.17, 15) is 0 Å². The van der Waals surface area contributed by atoms with Gasteiger partial charge in [-0.15, -0.1) is 0 Å². The first-order valence-corrected chi connectivity index (χ1v) is 23.1. The molecular weight excluding hydrogens is 817 g/mol. The molecule has 4 aliphatic rings. The summed E-state index contributed by atoms with van der Waals surface area (Å²) in [5.74, 6) is 0. The SMILES string of the molecule is C[N+]1=C=[N+](C2(c3cccc(C4(c5cccc(C6(c7cc(C(C)(C)C)ccn7)c7ccccc7-c7cccnc76)c5)c5ccccc5-c5cccnc54)c3)c3ccccc3-c3cccnc32)C=C1. The van der Waals surface area contributed by atoms with Crippen molar-refractivity contribution >= 4 is 6.01 Å². The molecule has 67 heavy (non-hydrogen) atoms. The number of hydrogen-bond donors (Lipinski definition) is 0. The van der Waals surface area contributed by atoms with Gasteiger partial charge in [0.2, 0.25) is 12.4 Å². The Hall–Kier alpha value is -8.18. The Labute approximate surface area is 390 Å². The summed E-state index contributed by atoms with van der Waals surface area (Å²) in [5.41, 5.74) is 17.3. The largest absolute Gasteiger partial charge is 0.490 e. The van der Waals surface area contributed by atoms with Gasteiger partial charge in [0.25, 0.3) is 5.54 Å². The Morgan fingerprint density at radius 1 is 0.418 bits per heavy atom. The molecule has 5 heterocycles. The molecule has 0 fully saturated rings. The fraction of sp³-hybridized carbons (Fsp3) is 0.131. The molecular formula is C61H46N6+2. The van der Waals surface area contributed by atoms with E-state index in [1.54, 1.807) is 0 Å². The van der Waals surface area contributed by atoms with Crippen molar-refractivity contribution in [3.63, 3.8) is 0 Å². The molecule has 318 valence electrons. The zero-order valence-electron chi connectivity index (χ0n) is 37.8. The van der Waals surface area contributed by atoms with E-state index in [1.165, 1.54) is 33.4 Å². The van der Waals surface area contributed by atoms with E-state index in [2.05, 4.69) is 208 Å². The third-order valence-corrected chi connectivity index (χ3v) is 14.8. The Bertz CT molecular complexity index is 3520. The first-order chi connectivity index (χ1) is 32.8. The highest BCUT2D eigenvalue weighted by Gasteiger charge is 2.58. The third-order valence-electron chi connectivity index (χ3n) is 14.8. The van der Waals surface area contributed by atoms with Crippen molar-refractivity contribution in [2.45, 2.75) is 42.6 Å². The van der Waals surface area contributed by atoms with Crippen LogP contribution in [0.5, 0.6) is 0 Å².